The first-order chi connectivity index (χ1) is 10.1. The third kappa shape index (κ3) is 4.04. The van der Waals surface area contributed by atoms with E-state index in [0.29, 0.717) is 0 Å². The van der Waals surface area contributed by atoms with E-state index in [1.54, 1.807) is 19.2 Å². The topological polar surface area (TPSA) is 82.0 Å². The molecule has 0 unspecified atom stereocenters. The molecule has 0 radical (unpaired) electrons. The second kappa shape index (κ2) is 6.51. The van der Waals surface area contributed by atoms with Crippen molar-refractivity contribution in [2.45, 2.75) is 0 Å². The quantitative estimate of drug-likeness (QED) is 0.811. The highest BCUT2D eigenvalue weighted by Crippen LogP contribution is 2.08. The number of carbonyl (C=O) groups is 2. The van der Waals surface area contributed by atoms with Crippen molar-refractivity contribution in [3.8, 4) is 0 Å². The standard InChI is InChI=1S/C15H15N3O3/c1-18(10-13(19)20)15-16-12(14(21)17-15)9-5-8-11-6-3-2-4-7-11/h2-9H,10H2,1H3,(H,19,20)(H,16,17,21)/b8-5+,12-9+. The second-order valence-corrected chi connectivity index (χ2v) is 4.46. The monoisotopic (exact) mass is 285 g/mol. The average molecular weight is 285 g/mol. The number of hydrogen-bond donors (Lipinski definition) is 2. The van der Waals surface area contributed by atoms with Crippen molar-refractivity contribution >= 4 is 23.9 Å². The molecule has 1 aliphatic heterocycles. The van der Waals surface area contributed by atoms with Gasteiger partial charge >= 0.3 is 5.97 Å². The molecule has 1 heterocycles. The van der Waals surface area contributed by atoms with Gasteiger partial charge < -0.3 is 10.0 Å². The van der Waals surface area contributed by atoms with Crippen LogP contribution in [0.3, 0.4) is 0 Å². The van der Waals surface area contributed by atoms with Crippen molar-refractivity contribution in [2.75, 3.05) is 13.6 Å². The van der Waals surface area contributed by atoms with Gasteiger partial charge in [-0.25, -0.2) is 4.99 Å². The molecule has 0 bridgehead atoms. The highest BCUT2D eigenvalue weighted by molar-refractivity contribution is 6.12. The van der Waals surface area contributed by atoms with Crippen molar-refractivity contribution in [1.82, 2.24) is 10.2 Å². The van der Waals surface area contributed by atoms with Gasteiger partial charge in [0.1, 0.15) is 12.2 Å². The fourth-order valence-corrected chi connectivity index (χ4v) is 1.74. The molecule has 6 heteroatoms. The van der Waals surface area contributed by atoms with E-state index in [2.05, 4.69) is 10.3 Å². The molecule has 0 aliphatic carbocycles. The third-order valence-corrected chi connectivity index (χ3v) is 2.76. The Bertz CT molecular complexity index is 633. The lowest BCUT2D eigenvalue weighted by molar-refractivity contribution is -0.137. The maximum atomic E-state index is 11.7. The summed E-state index contributed by atoms with van der Waals surface area (Å²) in [5, 5.41) is 11.2. The van der Waals surface area contributed by atoms with E-state index in [9.17, 15) is 9.59 Å². The SMILES string of the molecule is CN(CC(=O)O)C1=N/C(=C/C=C/c2ccccc2)C(=O)N1. The van der Waals surface area contributed by atoms with Gasteiger partial charge in [0.25, 0.3) is 5.91 Å². The van der Waals surface area contributed by atoms with Crippen molar-refractivity contribution in [3.63, 3.8) is 0 Å². The van der Waals surface area contributed by atoms with Crippen LogP contribution in [0.5, 0.6) is 0 Å². The van der Waals surface area contributed by atoms with Gasteiger partial charge in [-0.05, 0) is 11.6 Å². The second-order valence-electron chi connectivity index (χ2n) is 4.46. The Morgan fingerprint density at radius 3 is 2.76 bits per heavy atom. The van der Waals surface area contributed by atoms with E-state index in [-0.39, 0.29) is 24.1 Å². The summed E-state index contributed by atoms with van der Waals surface area (Å²) in [4.78, 5) is 27.8. The molecule has 1 aromatic carbocycles. The van der Waals surface area contributed by atoms with Crippen molar-refractivity contribution in [2.24, 2.45) is 4.99 Å². The molecule has 0 aromatic heterocycles. The number of carboxylic acids is 1. The van der Waals surface area contributed by atoms with Gasteiger partial charge in [-0.1, -0.05) is 42.5 Å². The van der Waals surface area contributed by atoms with E-state index in [1.807, 2.05) is 36.4 Å². The van der Waals surface area contributed by atoms with E-state index in [1.165, 1.54) is 4.90 Å². The number of guanidine groups is 1. The summed E-state index contributed by atoms with van der Waals surface area (Å²) < 4.78 is 0. The molecule has 1 aromatic rings. The van der Waals surface area contributed by atoms with E-state index >= 15 is 0 Å². The number of nitrogens with zero attached hydrogens (tertiary/aromatic N) is 2. The van der Waals surface area contributed by atoms with Crippen LogP contribution in [0.15, 0.2) is 53.2 Å². The lowest BCUT2D eigenvalue weighted by atomic mass is 10.2. The summed E-state index contributed by atoms with van der Waals surface area (Å²) in [7, 11) is 1.55. The number of carboxylic acid groups (broad SMARTS) is 1. The van der Waals surface area contributed by atoms with Crippen LogP contribution in [-0.4, -0.2) is 41.4 Å². The minimum atomic E-state index is -0.990. The molecule has 108 valence electrons. The number of aliphatic carboxylic acids is 1. The van der Waals surface area contributed by atoms with Crippen molar-refractivity contribution in [1.29, 1.82) is 0 Å². The van der Waals surface area contributed by atoms with Crippen LogP contribution < -0.4 is 5.32 Å². The van der Waals surface area contributed by atoms with Crippen LogP contribution in [0.4, 0.5) is 0 Å². The highest BCUT2D eigenvalue weighted by atomic mass is 16.4. The minimum absolute atomic E-state index is 0.230. The van der Waals surface area contributed by atoms with Gasteiger partial charge in [-0.2, -0.15) is 0 Å². The zero-order chi connectivity index (χ0) is 15.2. The van der Waals surface area contributed by atoms with Crippen LogP contribution in [0.1, 0.15) is 5.56 Å². The molecule has 0 spiro atoms. The molecule has 6 nitrogen and oxygen atoms in total. The molecule has 0 saturated heterocycles. The number of hydrogen-bond acceptors (Lipinski definition) is 4. The maximum Gasteiger partial charge on any atom is 0.323 e. The Balaban J connectivity index is 2.07. The largest absolute Gasteiger partial charge is 0.480 e. The van der Waals surface area contributed by atoms with Crippen LogP contribution in [0.25, 0.3) is 6.08 Å². The van der Waals surface area contributed by atoms with Crippen LogP contribution in [0.2, 0.25) is 0 Å². The van der Waals surface area contributed by atoms with E-state index < -0.39 is 5.97 Å². The molecule has 0 fully saturated rings. The highest BCUT2D eigenvalue weighted by Gasteiger charge is 2.22. The molecular weight excluding hydrogens is 270 g/mol. The number of allylic oxidation sites excluding steroid dienone is 2. The van der Waals surface area contributed by atoms with Crippen LogP contribution in [-0.2, 0) is 9.59 Å². The van der Waals surface area contributed by atoms with Crippen molar-refractivity contribution in [3.05, 3.63) is 53.7 Å². The predicted octanol–water partition coefficient (Wildman–Crippen LogP) is 1.09. The Labute approximate surface area is 122 Å². The number of rotatable bonds is 4. The van der Waals surface area contributed by atoms with Gasteiger partial charge in [0.2, 0.25) is 5.96 Å². The van der Waals surface area contributed by atoms with Crippen LogP contribution in [0, 0.1) is 0 Å². The smallest absolute Gasteiger partial charge is 0.323 e. The number of benzene rings is 1. The molecule has 1 aliphatic rings. The van der Waals surface area contributed by atoms with Gasteiger partial charge in [0.15, 0.2) is 0 Å². The summed E-state index contributed by atoms with van der Waals surface area (Å²) in [6.45, 7) is -0.230. The molecular formula is C15H15N3O3. The molecule has 2 N–H and O–H groups in total. The zero-order valence-corrected chi connectivity index (χ0v) is 11.5. The number of likely N-dealkylation sites (N-methyl/N-ethyl adjacent to an activating group) is 1. The fraction of sp³-hybridized carbons (Fsp3) is 0.133. The summed E-state index contributed by atoms with van der Waals surface area (Å²) in [5.74, 6) is -1.10. The first-order valence-corrected chi connectivity index (χ1v) is 6.32. The van der Waals surface area contributed by atoms with Crippen LogP contribution >= 0.6 is 0 Å². The summed E-state index contributed by atoms with van der Waals surface area (Å²) in [6.07, 6.45) is 5.17. The summed E-state index contributed by atoms with van der Waals surface area (Å²) in [5.41, 5.74) is 1.26. The Morgan fingerprint density at radius 1 is 1.38 bits per heavy atom. The summed E-state index contributed by atoms with van der Waals surface area (Å²) in [6, 6.07) is 9.66. The molecule has 2 rings (SSSR count). The number of aliphatic imine (C=N–C) groups is 1. The first-order valence-electron chi connectivity index (χ1n) is 6.32. The van der Waals surface area contributed by atoms with Crippen molar-refractivity contribution < 1.29 is 14.7 Å². The third-order valence-electron chi connectivity index (χ3n) is 2.76. The van der Waals surface area contributed by atoms with Gasteiger partial charge in [-0.15, -0.1) is 0 Å². The van der Waals surface area contributed by atoms with E-state index in [0.717, 1.165) is 5.56 Å². The normalized spacial score (nSPS) is 16.1. The van der Waals surface area contributed by atoms with Gasteiger partial charge in [-0.3, -0.25) is 14.9 Å². The number of nitrogens with one attached hydrogen (secondary N) is 1. The minimum Gasteiger partial charge on any atom is -0.480 e. The summed E-state index contributed by atoms with van der Waals surface area (Å²) >= 11 is 0. The predicted molar refractivity (Wildman–Crippen MR) is 79.4 cm³/mol. The number of amides is 1. The molecule has 1 amide bonds. The average Bonchev–Trinajstić information content (AvgIpc) is 2.81. The zero-order valence-electron chi connectivity index (χ0n) is 11.5. The first kappa shape index (κ1) is 14.5. The van der Waals surface area contributed by atoms with Gasteiger partial charge in [0.05, 0.1) is 0 Å². The Morgan fingerprint density at radius 2 is 2.10 bits per heavy atom. The Kier molecular flexibility index (Phi) is 4.50. The van der Waals surface area contributed by atoms with E-state index in [4.69, 9.17) is 5.11 Å². The molecule has 0 saturated carbocycles. The van der Waals surface area contributed by atoms with Gasteiger partial charge in [0, 0.05) is 7.05 Å². The number of carbonyl (C=O) groups excluding carboxylic acids is 1. The molecule has 0 atom stereocenters. The fourth-order valence-electron chi connectivity index (χ4n) is 1.74. The lowest BCUT2D eigenvalue weighted by Gasteiger charge is -2.14. The maximum absolute atomic E-state index is 11.7. The molecule has 21 heavy (non-hydrogen) atoms. The lowest BCUT2D eigenvalue weighted by Crippen LogP contribution is -2.40. The Hall–Kier alpha value is -2.89.